The molecule has 0 radical (unpaired) electrons. The molecule has 1 aromatic heterocycles. The number of piperidine rings is 1. The summed E-state index contributed by atoms with van der Waals surface area (Å²) in [5.74, 6) is 0.364. The van der Waals surface area contributed by atoms with Gasteiger partial charge in [0.1, 0.15) is 11.3 Å². The van der Waals surface area contributed by atoms with Crippen molar-refractivity contribution < 1.29 is 9.53 Å². The number of benzene rings is 2. The number of hydrogen-bond donors (Lipinski definition) is 1. The van der Waals surface area contributed by atoms with Crippen LogP contribution < -0.4 is 15.4 Å². The summed E-state index contributed by atoms with van der Waals surface area (Å²) in [6.07, 6.45) is 5.27. The van der Waals surface area contributed by atoms with Gasteiger partial charge >= 0.3 is 0 Å². The minimum Gasteiger partial charge on any atom is -0.494 e. The second-order valence-electron chi connectivity index (χ2n) is 6.86. The minimum atomic E-state index is -0.386. The Balaban J connectivity index is 1.88. The molecule has 138 valence electrons. The van der Waals surface area contributed by atoms with E-state index in [1.54, 1.807) is 13.3 Å². The van der Waals surface area contributed by atoms with Crippen molar-refractivity contribution >= 4 is 22.5 Å². The zero-order valence-corrected chi connectivity index (χ0v) is 15.4. The number of primary amides is 1. The number of nitrogens with two attached hydrogens (primary N) is 1. The molecule has 0 spiro atoms. The summed E-state index contributed by atoms with van der Waals surface area (Å²) >= 11 is 0. The largest absolute Gasteiger partial charge is 0.494 e. The molecule has 1 aliphatic rings. The monoisotopic (exact) mass is 361 g/mol. The van der Waals surface area contributed by atoms with E-state index in [0.29, 0.717) is 5.56 Å². The highest BCUT2D eigenvalue weighted by Crippen LogP contribution is 2.36. The van der Waals surface area contributed by atoms with E-state index in [1.807, 2.05) is 36.4 Å². The highest BCUT2D eigenvalue weighted by atomic mass is 16.5. The lowest BCUT2D eigenvalue weighted by atomic mass is 9.97. The average Bonchev–Trinajstić information content (AvgIpc) is 2.73. The summed E-state index contributed by atoms with van der Waals surface area (Å²) in [6, 6.07) is 13.8. The number of rotatable bonds is 4. The van der Waals surface area contributed by atoms with E-state index >= 15 is 0 Å². The molecule has 0 unspecified atom stereocenters. The number of hydrogen-bond acceptors (Lipinski definition) is 4. The number of ether oxygens (including phenoxy) is 1. The fourth-order valence-electron chi connectivity index (χ4n) is 3.87. The van der Waals surface area contributed by atoms with Gasteiger partial charge in [-0.25, -0.2) is 0 Å². The maximum atomic E-state index is 12.0. The molecule has 2 heterocycles. The van der Waals surface area contributed by atoms with Crippen molar-refractivity contribution in [1.82, 2.24) is 4.98 Å². The van der Waals surface area contributed by atoms with Crippen molar-refractivity contribution in [3.63, 3.8) is 0 Å². The third-order valence-corrected chi connectivity index (χ3v) is 5.22. The zero-order valence-electron chi connectivity index (χ0n) is 15.4. The van der Waals surface area contributed by atoms with E-state index < -0.39 is 0 Å². The quantitative estimate of drug-likeness (QED) is 0.763. The molecule has 1 amide bonds. The van der Waals surface area contributed by atoms with E-state index in [4.69, 9.17) is 10.5 Å². The van der Waals surface area contributed by atoms with Gasteiger partial charge in [0, 0.05) is 24.7 Å². The number of anilines is 1. The number of nitrogens with zero attached hydrogens (tertiary/aromatic N) is 2. The molecule has 1 aliphatic heterocycles. The fraction of sp³-hybridized carbons (Fsp3) is 0.273. The maximum Gasteiger partial charge on any atom is 0.250 e. The van der Waals surface area contributed by atoms with Gasteiger partial charge in [-0.3, -0.25) is 9.78 Å². The van der Waals surface area contributed by atoms with Crippen LogP contribution in [0.5, 0.6) is 5.75 Å². The lowest BCUT2D eigenvalue weighted by molar-refractivity contribution is 0.100. The van der Waals surface area contributed by atoms with Crippen LogP contribution in [0.4, 0.5) is 5.69 Å². The Morgan fingerprint density at radius 3 is 2.67 bits per heavy atom. The molecule has 0 aliphatic carbocycles. The Hall–Kier alpha value is -3.08. The van der Waals surface area contributed by atoms with Crippen molar-refractivity contribution in [3.8, 4) is 16.9 Å². The molecule has 3 aromatic rings. The summed E-state index contributed by atoms with van der Waals surface area (Å²) in [5.41, 5.74) is 10.1. The first kappa shape index (κ1) is 17.3. The Morgan fingerprint density at radius 1 is 1.11 bits per heavy atom. The van der Waals surface area contributed by atoms with Crippen molar-refractivity contribution in [2.45, 2.75) is 19.3 Å². The second kappa shape index (κ2) is 7.27. The standard InChI is InChI=1S/C22H23N3O2/c1-27-20-10-9-16(17-6-5-11-24-21(17)20)15-7-8-18(22(23)26)19(14-15)25-12-3-2-4-13-25/h5-11,14H,2-4,12-13H2,1H3,(H2,23,26). The predicted molar refractivity (Wildman–Crippen MR) is 108 cm³/mol. The maximum absolute atomic E-state index is 12.0. The molecule has 0 bridgehead atoms. The summed E-state index contributed by atoms with van der Waals surface area (Å²) in [7, 11) is 1.65. The van der Waals surface area contributed by atoms with Crippen LogP contribution in [-0.4, -0.2) is 31.1 Å². The van der Waals surface area contributed by atoms with Crippen LogP contribution in [0.15, 0.2) is 48.7 Å². The van der Waals surface area contributed by atoms with Gasteiger partial charge < -0.3 is 15.4 Å². The molecular weight excluding hydrogens is 338 g/mol. The molecule has 0 atom stereocenters. The molecule has 27 heavy (non-hydrogen) atoms. The van der Waals surface area contributed by atoms with E-state index in [2.05, 4.69) is 16.0 Å². The minimum absolute atomic E-state index is 0.386. The summed E-state index contributed by atoms with van der Waals surface area (Å²) in [5, 5.41) is 1.02. The average molecular weight is 361 g/mol. The van der Waals surface area contributed by atoms with Gasteiger partial charge in [0.15, 0.2) is 0 Å². The summed E-state index contributed by atoms with van der Waals surface area (Å²) < 4.78 is 5.46. The van der Waals surface area contributed by atoms with Crippen molar-refractivity contribution in [2.75, 3.05) is 25.1 Å². The van der Waals surface area contributed by atoms with Crippen LogP contribution in [0, 0.1) is 0 Å². The van der Waals surface area contributed by atoms with Gasteiger partial charge in [0.05, 0.1) is 18.4 Å². The Labute approximate surface area is 158 Å². The first-order valence-corrected chi connectivity index (χ1v) is 9.30. The van der Waals surface area contributed by atoms with Crippen LogP contribution >= 0.6 is 0 Å². The molecular formula is C22H23N3O2. The number of fused-ring (bicyclic) bond motifs is 1. The number of aromatic nitrogens is 1. The Morgan fingerprint density at radius 2 is 1.93 bits per heavy atom. The summed E-state index contributed by atoms with van der Waals surface area (Å²) in [6.45, 7) is 1.91. The lowest BCUT2D eigenvalue weighted by Gasteiger charge is -2.30. The second-order valence-corrected chi connectivity index (χ2v) is 6.86. The van der Waals surface area contributed by atoms with Crippen molar-refractivity contribution in [2.24, 2.45) is 5.73 Å². The SMILES string of the molecule is COc1ccc(-c2ccc(C(N)=O)c(N3CCCCC3)c2)c2cccnc12. The number of carbonyl (C=O) groups excluding carboxylic acids is 1. The number of methoxy groups -OCH3 is 1. The van der Waals surface area contributed by atoms with Gasteiger partial charge in [-0.15, -0.1) is 0 Å². The molecule has 2 N–H and O–H groups in total. The Bertz CT molecular complexity index is 994. The molecule has 1 saturated heterocycles. The van der Waals surface area contributed by atoms with Crippen LogP contribution in [0.1, 0.15) is 29.6 Å². The molecule has 4 rings (SSSR count). The third kappa shape index (κ3) is 3.21. The molecule has 1 fully saturated rings. The van der Waals surface area contributed by atoms with Gasteiger partial charge in [-0.05, 0) is 60.7 Å². The fourth-order valence-corrected chi connectivity index (χ4v) is 3.87. The number of carbonyl (C=O) groups is 1. The zero-order chi connectivity index (χ0) is 18.8. The highest BCUT2D eigenvalue weighted by molar-refractivity contribution is 6.02. The molecule has 5 nitrogen and oxygen atoms in total. The lowest BCUT2D eigenvalue weighted by Crippen LogP contribution is -2.31. The van der Waals surface area contributed by atoms with Crippen LogP contribution in [0.2, 0.25) is 0 Å². The van der Waals surface area contributed by atoms with Crippen molar-refractivity contribution in [3.05, 3.63) is 54.2 Å². The predicted octanol–water partition coefficient (Wildman–Crippen LogP) is 4.00. The van der Waals surface area contributed by atoms with E-state index in [-0.39, 0.29) is 5.91 Å². The van der Waals surface area contributed by atoms with Crippen molar-refractivity contribution in [1.29, 1.82) is 0 Å². The smallest absolute Gasteiger partial charge is 0.250 e. The first-order chi connectivity index (χ1) is 13.2. The van der Waals surface area contributed by atoms with E-state index in [0.717, 1.165) is 59.4 Å². The highest BCUT2D eigenvalue weighted by Gasteiger charge is 2.19. The normalized spacial score (nSPS) is 14.3. The van der Waals surface area contributed by atoms with Gasteiger partial charge in [-0.1, -0.05) is 12.1 Å². The molecule has 0 saturated carbocycles. The number of pyridine rings is 1. The van der Waals surface area contributed by atoms with Crippen LogP contribution in [0.25, 0.3) is 22.0 Å². The van der Waals surface area contributed by atoms with E-state index in [1.165, 1.54) is 6.42 Å². The van der Waals surface area contributed by atoms with E-state index in [9.17, 15) is 4.79 Å². The topological polar surface area (TPSA) is 68.5 Å². The molecule has 5 heteroatoms. The summed E-state index contributed by atoms with van der Waals surface area (Å²) in [4.78, 5) is 18.7. The first-order valence-electron chi connectivity index (χ1n) is 9.30. The van der Waals surface area contributed by atoms with Gasteiger partial charge in [0.25, 0.3) is 5.91 Å². The van der Waals surface area contributed by atoms with Crippen LogP contribution in [0.3, 0.4) is 0 Å². The van der Waals surface area contributed by atoms with Crippen LogP contribution in [-0.2, 0) is 0 Å². The Kier molecular flexibility index (Phi) is 4.67. The molecule has 2 aromatic carbocycles. The number of amides is 1. The third-order valence-electron chi connectivity index (χ3n) is 5.22. The van der Waals surface area contributed by atoms with Gasteiger partial charge in [-0.2, -0.15) is 0 Å². The van der Waals surface area contributed by atoms with Gasteiger partial charge in [0.2, 0.25) is 0 Å².